The lowest BCUT2D eigenvalue weighted by molar-refractivity contribution is -0.114. The predicted octanol–water partition coefficient (Wildman–Crippen LogP) is 6.11. The zero-order chi connectivity index (χ0) is 24.7. The van der Waals surface area contributed by atoms with E-state index in [-0.39, 0.29) is 30.6 Å². The summed E-state index contributed by atoms with van der Waals surface area (Å²) in [6.07, 6.45) is 16.1. The van der Waals surface area contributed by atoms with Gasteiger partial charge >= 0.3 is 6.09 Å². The molecule has 1 aliphatic carbocycles. The molecule has 0 aromatic heterocycles. The van der Waals surface area contributed by atoms with Crippen molar-refractivity contribution >= 4 is 11.9 Å². The van der Waals surface area contributed by atoms with Crippen molar-refractivity contribution in [3.8, 4) is 0 Å². The van der Waals surface area contributed by atoms with Gasteiger partial charge in [-0.1, -0.05) is 74.7 Å². The molecule has 1 aromatic rings. The van der Waals surface area contributed by atoms with Crippen molar-refractivity contribution in [2.45, 2.75) is 83.6 Å². The van der Waals surface area contributed by atoms with E-state index in [4.69, 9.17) is 14.2 Å². The molecule has 1 fully saturated rings. The molecule has 35 heavy (non-hydrogen) atoms. The largest absolute Gasteiger partial charge is 0.445 e. The molecule has 2 aliphatic rings. The number of carbonyl (C=O) groups is 2. The van der Waals surface area contributed by atoms with Crippen molar-refractivity contribution in [2.24, 2.45) is 11.8 Å². The Kier molecular flexibility index (Phi) is 12.1. The van der Waals surface area contributed by atoms with Crippen LogP contribution in [-0.2, 0) is 25.6 Å². The second-order valence-electron chi connectivity index (χ2n) is 9.47. The maximum atomic E-state index is 12.6. The lowest BCUT2D eigenvalue weighted by atomic mass is 9.76. The van der Waals surface area contributed by atoms with Crippen LogP contribution in [0.4, 0.5) is 4.79 Å². The van der Waals surface area contributed by atoms with Crippen LogP contribution in [0.25, 0.3) is 0 Å². The van der Waals surface area contributed by atoms with Crippen molar-refractivity contribution in [1.29, 1.82) is 0 Å². The van der Waals surface area contributed by atoms with Crippen LogP contribution in [-0.4, -0.2) is 37.4 Å². The molecule has 1 amide bonds. The molecule has 6 nitrogen and oxygen atoms in total. The highest BCUT2D eigenvalue weighted by Gasteiger charge is 2.30. The van der Waals surface area contributed by atoms with Gasteiger partial charge in [-0.05, 0) is 49.7 Å². The lowest BCUT2D eigenvalue weighted by Crippen LogP contribution is -2.43. The van der Waals surface area contributed by atoms with Crippen molar-refractivity contribution in [2.75, 3.05) is 13.2 Å². The fourth-order valence-electron chi connectivity index (χ4n) is 4.75. The third-order valence-electron chi connectivity index (χ3n) is 6.73. The average Bonchev–Trinajstić information content (AvgIpc) is 3.39. The zero-order valence-electron chi connectivity index (χ0n) is 21.0. The van der Waals surface area contributed by atoms with Gasteiger partial charge < -0.3 is 19.5 Å². The van der Waals surface area contributed by atoms with Gasteiger partial charge in [0, 0.05) is 12.3 Å². The summed E-state index contributed by atoms with van der Waals surface area (Å²) in [6.45, 7) is 3.76. The molecule has 3 rings (SSSR count). The minimum absolute atomic E-state index is 0.0744. The Morgan fingerprint density at radius 2 is 1.83 bits per heavy atom. The Morgan fingerprint density at radius 1 is 1.06 bits per heavy atom. The molecular formula is C29H41NO5. The first-order valence-corrected chi connectivity index (χ1v) is 13.2. The number of hydrogen-bond donors (Lipinski definition) is 1. The highest BCUT2D eigenvalue weighted by Crippen LogP contribution is 2.32. The van der Waals surface area contributed by atoms with E-state index in [0.717, 1.165) is 44.1 Å². The number of allylic oxidation sites excluding steroid dienone is 2. The summed E-state index contributed by atoms with van der Waals surface area (Å²) in [7, 11) is 0. The topological polar surface area (TPSA) is 73.9 Å². The van der Waals surface area contributed by atoms with Gasteiger partial charge in [0.15, 0.2) is 12.1 Å². The van der Waals surface area contributed by atoms with E-state index in [1.165, 1.54) is 12.8 Å². The van der Waals surface area contributed by atoms with Crippen molar-refractivity contribution in [1.82, 2.24) is 5.32 Å². The second-order valence-corrected chi connectivity index (χ2v) is 9.47. The molecule has 0 unspecified atom stereocenters. The smallest absolute Gasteiger partial charge is 0.407 e. The number of benzene rings is 1. The van der Waals surface area contributed by atoms with Gasteiger partial charge in [-0.3, -0.25) is 4.79 Å². The Bertz CT molecular complexity index is 816. The van der Waals surface area contributed by atoms with E-state index in [0.29, 0.717) is 25.6 Å². The van der Waals surface area contributed by atoms with Crippen LogP contribution in [0.15, 0.2) is 54.6 Å². The van der Waals surface area contributed by atoms with Gasteiger partial charge in [-0.2, -0.15) is 0 Å². The summed E-state index contributed by atoms with van der Waals surface area (Å²) >= 11 is 0. The van der Waals surface area contributed by atoms with Crippen LogP contribution in [0, 0.1) is 11.8 Å². The van der Waals surface area contributed by atoms with Gasteiger partial charge in [0.2, 0.25) is 0 Å². The number of amides is 1. The molecule has 1 N–H and O–H groups in total. The molecule has 3 atom stereocenters. The first kappa shape index (κ1) is 27.2. The number of ether oxygens (including phenoxy) is 3. The van der Waals surface area contributed by atoms with Crippen LogP contribution in [0.5, 0.6) is 0 Å². The molecule has 0 spiro atoms. The molecule has 1 saturated heterocycles. The first-order valence-electron chi connectivity index (χ1n) is 13.2. The molecule has 6 heteroatoms. The van der Waals surface area contributed by atoms with Crippen LogP contribution in [0.3, 0.4) is 0 Å². The maximum absolute atomic E-state index is 12.6. The SMILES string of the molecule is CCCCC[C@@H]1CC=C[C@@H](NC(=O)OCc2ccccc2)[C@H]1C=CC(=O)CCCCC1OCCO1. The van der Waals surface area contributed by atoms with Gasteiger partial charge in [0.25, 0.3) is 0 Å². The Balaban J connectivity index is 1.52. The van der Waals surface area contributed by atoms with E-state index < -0.39 is 6.09 Å². The second kappa shape index (κ2) is 15.5. The summed E-state index contributed by atoms with van der Waals surface area (Å²) < 4.78 is 16.4. The molecule has 0 saturated carbocycles. The number of nitrogens with one attached hydrogen (secondary N) is 1. The number of unbranched alkanes of at least 4 members (excludes halogenated alkanes) is 3. The number of carbonyl (C=O) groups excluding carboxylic acids is 2. The number of hydrogen-bond acceptors (Lipinski definition) is 5. The number of ketones is 1. The number of rotatable bonds is 14. The minimum atomic E-state index is -0.432. The zero-order valence-corrected chi connectivity index (χ0v) is 21.0. The van der Waals surface area contributed by atoms with Crippen molar-refractivity contribution < 1.29 is 23.8 Å². The van der Waals surface area contributed by atoms with E-state index >= 15 is 0 Å². The number of alkyl carbamates (subject to hydrolysis) is 1. The lowest BCUT2D eigenvalue weighted by Gasteiger charge is -2.33. The molecular weight excluding hydrogens is 442 g/mol. The fourth-order valence-corrected chi connectivity index (χ4v) is 4.75. The summed E-state index contributed by atoms with van der Waals surface area (Å²) in [5, 5.41) is 3.03. The van der Waals surface area contributed by atoms with Crippen LogP contribution in [0.2, 0.25) is 0 Å². The third kappa shape index (κ3) is 9.98. The standard InChI is InChI=1S/C29H41NO5/c1-2-3-5-13-24-14-10-16-27(30-29(32)35-22-23-11-6-4-7-12-23)26(24)19-18-25(31)15-8-9-17-28-33-20-21-34-28/h4,6-7,10-12,16,18-19,24,26-28H,2-3,5,8-9,13-15,17,20-22H2,1H3,(H,30,32)/t24-,26+,27-/m1/s1. The summed E-state index contributed by atoms with van der Waals surface area (Å²) in [6, 6.07) is 9.47. The summed E-state index contributed by atoms with van der Waals surface area (Å²) in [5.41, 5.74) is 0.951. The van der Waals surface area contributed by atoms with Crippen molar-refractivity contribution in [3.63, 3.8) is 0 Å². The molecule has 0 bridgehead atoms. The summed E-state index contributed by atoms with van der Waals surface area (Å²) in [5.74, 6) is 0.600. The molecule has 0 radical (unpaired) electrons. The molecule has 1 heterocycles. The van der Waals surface area contributed by atoms with E-state index in [1.54, 1.807) is 6.08 Å². The highest BCUT2D eigenvalue weighted by atomic mass is 16.7. The molecule has 192 valence electrons. The maximum Gasteiger partial charge on any atom is 0.407 e. The minimum Gasteiger partial charge on any atom is -0.445 e. The summed E-state index contributed by atoms with van der Waals surface area (Å²) in [4.78, 5) is 25.1. The Labute approximate surface area is 210 Å². The van der Waals surface area contributed by atoms with Crippen LogP contribution in [0.1, 0.15) is 70.3 Å². The van der Waals surface area contributed by atoms with Crippen molar-refractivity contribution in [3.05, 3.63) is 60.2 Å². The Morgan fingerprint density at radius 3 is 2.60 bits per heavy atom. The fraction of sp³-hybridized carbons (Fsp3) is 0.586. The van der Waals surface area contributed by atoms with E-state index in [2.05, 4.69) is 18.3 Å². The van der Waals surface area contributed by atoms with Gasteiger partial charge in [-0.15, -0.1) is 0 Å². The monoisotopic (exact) mass is 483 g/mol. The highest BCUT2D eigenvalue weighted by molar-refractivity contribution is 5.89. The first-order chi connectivity index (χ1) is 17.2. The van der Waals surface area contributed by atoms with Gasteiger partial charge in [0.1, 0.15) is 6.61 Å². The van der Waals surface area contributed by atoms with E-state index in [1.807, 2.05) is 42.5 Å². The molecule has 1 aliphatic heterocycles. The predicted molar refractivity (Wildman–Crippen MR) is 137 cm³/mol. The average molecular weight is 484 g/mol. The quantitative estimate of drug-likeness (QED) is 0.196. The Hall–Kier alpha value is -2.44. The van der Waals surface area contributed by atoms with Crippen LogP contribution >= 0.6 is 0 Å². The normalized spacial score (nSPS) is 22.5. The van der Waals surface area contributed by atoms with Gasteiger partial charge in [-0.25, -0.2) is 4.79 Å². The van der Waals surface area contributed by atoms with Crippen LogP contribution < -0.4 is 5.32 Å². The van der Waals surface area contributed by atoms with E-state index in [9.17, 15) is 9.59 Å². The molecule has 1 aromatic carbocycles. The third-order valence-corrected chi connectivity index (χ3v) is 6.73. The van der Waals surface area contributed by atoms with Gasteiger partial charge in [0.05, 0.1) is 19.3 Å².